The molecule has 3 aromatic carbocycles. The van der Waals surface area contributed by atoms with Crippen LogP contribution < -0.4 is 0 Å². The molecule has 0 spiro atoms. The topological polar surface area (TPSA) is 43.9 Å². The van der Waals surface area contributed by atoms with Crippen LogP contribution >= 0.6 is 0 Å². The van der Waals surface area contributed by atoms with E-state index in [1.807, 2.05) is 73.4 Å². The Kier molecular flexibility index (Phi) is 18.6. The fraction of sp³-hybridized carbons (Fsp3) is 0.364. The molecule has 1 unspecified atom stereocenters. The standard InChI is InChI=1S/C41H46F3N3O2.C2H6.CH4/c1-4-7-12-33-15-17-36(18-16-33)31-47(39(48)24-21-34-19-22-37(23-20-34)41(42,43)44)38(29-35-13-9-8-10-14-35)40(49)46-27-25-45(26-28-46)30-32(6-3)11-5-2;1-2;/h5-6,8-11,13-24,38H,2-4,7,12,25-31H2,1H3;1-2H3;1H4/b24-21+,32-11+;;. The van der Waals surface area contributed by atoms with Gasteiger partial charge in [-0.15, -0.1) is 0 Å². The van der Waals surface area contributed by atoms with Crippen LogP contribution in [0, 0.1) is 0 Å². The van der Waals surface area contributed by atoms with E-state index in [0.717, 1.165) is 48.1 Å². The Hall–Kier alpha value is -4.69. The molecule has 1 saturated heterocycles. The van der Waals surface area contributed by atoms with Crippen molar-refractivity contribution < 1.29 is 22.8 Å². The molecular formula is C44H56F3N3O2. The molecule has 1 aliphatic heterocycles. The van der Waals surface area contributed by atoms with Crippen molar-refractivity contribution in [1.29, 1.82) is 0 Å². The van der Waals surface area contributed by atoms with Crippen LogP contribution in [0.5, 0.6) is 0 Å². The van der Waals surface area contributed by atoms with E-state index in [0.29, 0.717) is 44.7 Å². The minimum Gasteiger partial charge on any atom is -0.338 e. The molecule has 1 atom stereocenters. The lowest BCUT2D eigenvalue weighted by Crippen LogP contribution is -2.56. The zero-order valence-corrected chi connectivity index (χ0v) is 30.2. The van der Waals surface area contributed by atoms with E-state index in [2.05, 4.69) is 37.1 Å². The summed E-state index contributed by atoms with van der Waals surface area (Å²) >= 11 is 0. The smallest absolute Gasteiger partial charge is 0.338 e. The van der Waals surface area contributed by atoms with E-state index in [4.69, 9.17) is 0 Å². The number of benzene rings is 3. The molecule has 0 aliphatic carbocycles. The molecule has 1 aliphatic rings. The number of allylic oxidation sites excluding steroid dienone is 2. The summed E-state index contributed by atoms with van der Waals surface area (Å²) in [4.78, 5) is 34.3. The van der Waals surface area contributed by atoms with Crippen LogP contribution in [0.1, 0.15) is 68.9 Å². The van der Waals surface area contributed by atoms with Gasteiger partial charge < -0.3 is 9.80 Å². The predicted octanol–water partition coefficient (Wildman–Crippen LogP) is 9.81. The van der Waals surface area contributed by atoms with E-state index in [-0.39, 0.29) is 19.9 Å². The summed E-state index contributed by atoms with van der Waals surface area (Å²) in [7, 11) is 0. The Balaban J connectivity index is 0.00000307. The maximum atomic E-state index is 14.4. The average Bonchev–Trinajstić information content (AvgIpc) is 3.15. The molecule has 0 radical (unpaired) electrons. The molecule has 0 saturated carbocycles. The van der Waals surface area contributed by atoms with Crippen molar-refractivity contribution in [2.24, 2.45) is 0 Å². The van der Waals surface area contributed by atoms with Crippen LogP contribution in [-0.4, -0.2) is 65.3 Å². The fourth-order valence-electron chi connectivity index (χ4n) is 5.88. The summed E-state index contributed by atoms with van der Waals surface area (Å²) in [5.74, 6) is -0.530. The molecule has 2 amide bonds. The molecule has 8 heteroatoms. The van der Waals surface area contributed by atoms with Crippen molar-refractivity contribution in [3.8, 4) is 0 Å². The first-order valence-electron chi connectivity index (χ1n) is 17.8. The summed E-state index contributed by atoms with van der Waals surface area (Å²) in [5.41, 5.74) is 3.76. The van der Waals surface area contributed by atoms with Gasteiger partial charge in [-0.05, 0) is 58.9 Å². The quantitative estimate of drug-likeness (QED) is 0.116. The first-order valence-corrected chi connectivity index (χ1v) is 17.8. The minimum atomic E-state index is -4.45. The van der Waals surface area contributed by atoms with Gasteiger partial charge in [0, 0.05) is 51.8 Å². The van der Waals surface area contributed by atoms with E-state index < -0.39 is 23.7 Å². The van der Waals surface area contributed by atoms with Crippen LogP contribution in [0.2, 0.25) is 0 Å². The molecule has 1 fully saturated rings. The molecule has 52 heavy (non-hydrogen) atoms. The number of unbranched alkanes of at least 4 members (excludes halogenated alkanes) is 1. The lowest BCUT2D eigenvalue weighted by molar-refractivity contribution is -0.145. The molecule has 0 N–H and O–H groups in total. The number of carbonyl (C=O) groups excluding carboxylic acids is 2. The molecule has 4 rings (SSSR count). The fourth-order valence-corrected chi connectivity index (χ4v) is 5.88. The van der Waals surface area contributed by atoms with Crippen molar-refractivity contribution in [1.82, 2.24) is 14.7 Å². The number of alkyl halides is 3. The van der Waals surface area contributed by atoms with Crippen molar-refractivity contribution in [3.63, 3.8) is 0 Å². The van der Waals surface area contributed by atoms with Gasteiger partial charge in [0.25, 0.3) is 0 Å². The Morgan fingerprint density at radius 1 is 0.865 bits per heavy atom. The largest absolute Gasteiger partial charge is 0.416 e. The summed E-state index contributed by atoms with van der Waals surface area (Å²) < 4.78 is 39.4. The van der Waals surface area contributed by atoms with Crippen LogP contribution in [-0.2, 0) is 35.2 Å². The number of piperazine rings is 1. The van der Waals surface area contributed by atoms with E-state index >= 15 is 0 Å². The maximum absolute atomic E-state index is 14.4. The van der Waals surface area contributed by atoms with Gasteiger partial charge in [0.05, 0.1) is 5.56 Å². The van der Waals surface area contributed by atoms with Crippen molar-refractivity contribution >= 4 is 17.9 Å². The summed E-state index contributed by atoms with van der Waals surface area (Å²) in [6.45, 7) is 17.1. The summed E-state index contributed by atoms with van der Waals surface area (Å²) in [6, 6.07) is 21.6. The SMILES string of the molecule is C.C=C/C=C(\C=C)CN1CCN(C(=O)C(Cc2ccccc2)N(Cc2ccc(CCCC)cc2)C(=O)/C=C/c2ccc(C(F)(F)F)cc2)CC1.CC. The number of amides is 2. The third kappa shape index (κ3) is 13.5. The normalized spacial score (nSPS) is 14.1. The van der Waals surface area contributed by atoms with E-state index in [1.165, 1.54) is 29.8 Å². The van der Waals surface area contributed by atoms with Crippen LogP contribution in [0.15, 0.2) is 122 Å². The third-order valence-corrected chi connectivity index (χ3v) is 8.75. The predicted molar refractivity (Wildman–Crippen MR) is 210 cm³/mol. The van der Waals surface area contributed by atoms with Gasteiger partial charge in [-0.3, -0.25) is 14.5 Å². The zero-order chi connectivity index (χ0) is 37.2. The molecular weight excluding hydrogens is 659 g/mol. The number of nitrogens with zero attached hydrogens (tertiary/aromatic N) is 3. The van der Waals surface area contributed by atoms with E-state index in [1.54, 1.807) is 11.0 Å². The second kappa shape index (κ2) is 22.3. The van der Waals surface area contributed by atoms with Crippen molar-refractivity contribution in [2.45, 2.75) is 72.6 Å². The second-order valence-corrected chi connectivity index (χ2v) is 12.3. The number of hydrogen-bond donors (Lipinski definition) is 0. The number of hydrogen-bond acceptors (Lipinski definition) is 3. The number of carbonyl (C=O) groups is 2. The number of rotatable bonds is 15. The van der Waals surface area contributed by atoms with Gasteiger partial charge in [0.1, 0.15) is 6.04 Å². The van der Waals surface area contributed by atoms with Gasteiger partial charge >= 0.3 is 6.18 Å². The Morgan fingerprint density at radius 3 is 2.04 bits per heavy atom. The first kappa shape index (κ1) is 43.5. The molecule has 5 nitrogen and oxygen atoms in total. The van der Waals surface area contributed by atoms with Gasteiger partial charge in [0.15, 0.2) is 0 Å². The highest BCUT2D eigenvalue weighted by atomic mass is 19.4. The van der Waals surface area contributed by atoms with Gasteiger partial charge in [-0.2, -0.15) is 13.2 Å². The lowest BCUT2D eigenvalue weighted by Gasteiger charge is -2.39. The van der Waals surface area contributed by atoms with E-state index in [9.17, 15) is 22.8 Å². The molecule has 280 valence electrons. The summed E-state index contributed by atoms with van der Waals surface area (Å²) in [5, 5.41) is 0. The zero-order valence-electron chi connectivity index (χ0n) is 30.2. The van der Waals surface area contributed by atoms with Crippen LogP contribution in [0.25, 0.3) is 6.08 Å². The molecule has 0 bridgehead atoms. The van der Waals surface area contributed by atoms with Crippen molar-refractivity contribution in [2.75, 3.05) is 32.7 Å². The van der Waals surface area contributed by atoms with Crippen LogP contribution in [0.4, 0.5) is 13.2 Å². The molecule has 3 aromatic rings. The first-order chi connectivity index (χ1) is 24.6. The van der Waals surface area contributed by atoms with Gasteiger partial charge in [-0.25, -0.2) is 0 Å². The number of halogens is 3. The second-order valence-electron chi connectivity index (χ2n) is 12.3. The third-order valence-electron chi connectivity index (χ3n) is 8.75. The maximum Gasteiger partial charge on any atom is 0.416 e. The highest BCUT2D eigenvalue weighted by molar-refractivity contribution is 5.95. The van der Waals surface area contributed by atoms with Gasteiger partial charge in [-0.1, -0.05) is 133 Å². The van der Waals surface area contributed by atoms with Gasteiger partial charge in [0.2, 0.25) is 11.8 Å². The lowest BCUT2D eigenvalue weighted by atomic mass is 10.0. The Morgan fingerprint density at radius 2 is 1.48 bits per heavy atom. The molecule has 0 aromatic heterocycles. The monoisotopic (exact) mass is 715 g/mol. The highest BCUT2D eigenvalue weighted by Crippen LogP contribution is 2.29. The Labute approximate surface area is 309 Å². The molecule has 1 heterocycles. The minimum absolute atomic E-state index is 0. The van der Waals surface area contributed by atoms with Crippen LogP contribution in [0.3, 0.4) is 0 Å². The average molecular weight is 716 g/mol. The Bertz CT molecular complexity index is 1590. The number of aryl methyl sites for hydroxylation is 1. The van der Waals surface area contributed by atoms with Crippen molar-refractivity contribution in [3.05, 3.63) is 150 Å². The summed E-state index contributed by atoms with van der Waals surface area (Å²) in [6.07, 6.45) is 7.34. The highest BCUT2D eigenvalue weighted by Gasteiger charge is 2.34.